The summed E-state index contributed by atoms with van der Waals surface area (Å²) in [6.07, 6.45) is 8.63. The van der Waals surface area contributed by atoms with Crippen molar-refractivity contribution in [3.05, 3.63) is 94.0 Å². The second kappa shape index (κ2) is 65.6. The van der Waals surface area contributed by atoms with Gasteiger partial charge in [-0.3, -0.25) is 0 Å². The van der Waals surface area contributed by atoms with Crippen LogP contribution in [0.15, 0.2) is 82.9 Å². The van der Waals surface area contributed by atoms with E-state index in [9.17, 15) is 0 Å². The fourth-order valence-electron chi connectivity index (χ4n) is 8.44. The third-order valence-electron chi connectivity index (χ3n) is 13.1. The maximum Gasteiger partial charge on any atom is 0.200 e. The average Bonchev–Trinajstić information content (AvgIpc) is 0.804. The van der Waals surface area contributed by atoms with Gasteiger partial charge >= 0.3 is 0 Å². The van der Waals surface area contributed by atoms with Crippen LogP contribution in [0.1, 0.15) is 11.1 Å². The predicted molar refractivity (Wildman–Crippen MR) is 357 cm³/mol. The van der Waals surface area contributed by atoms with Gasteiger partial charge in [-0.1, -0.05) is 46.3 Å². The van der Waals surface area contributed by atoms with E-state index in [0.717, 1.165) is 38.1 Å². The first kappa shape index (κ1) is 84.9. The summed E-state index contributed by atoms with van der Waals surface area (Å²) in [5.41, 5.74) is 6.26. The molecule has 3 rings (SSSR count). The molecule has 94 heavy (non-hydrogen) atoms. The van der Waals surface area contributed by atoms with Gasteiger partial charge in [0.25, 0.3) is 0 Å². The third-order valence-corrected chi connectivity index (χ3v) is 13.8. The molecule has 0 bridgehead atoms. The van der Waals surface area contributed by atoms with Gasteiger partial charge in [0.05, 0.1) is 277 Å². The van der Waals surface area contributed by atoms with Crippen molar-refractivity contribution in [1.82, 2.24) is 0 Å². The zero-order valence-electron chi connectivity index (χ0n) is 55.6. The molecule has 0 aromatic heterocycles. The number of allylic oxidation sites excluding steroid dienone is 5. The highest BCUT2D eigenvalue weighted by atomic mass is 79.9. The number of rotatable bonds is 71. The monoisotopic (exact) mass is 1410 g/mol. The standard InChI is InChI=1S/C67H112BrN2O24/c68-66-4-2-1-3-65(66)67(61-5-9-63(10-6-61)69(13-21-75-29-37-83-45-53-91-57-49-87-41-33-79-25-17-71)14-22-76-30-38-84-46-54-92-58-50-88-42-34-80-26-18-72)62-7-11-64(12-8-62)70(15-23-77-31-39-85-47-55-93-59-51-89-43-35-81-27-19-73)16-24-78-32-40-86-48-56-94-60-52-90-44-36-82-28-20-74/h1-12,71-74H,13-60H2/q+1. The Morgan fingerprint density at radius 3 is 0.830 bits per heavy atom. The van der Waals surface area contributed by atoms with Crippen molar-refractivity contribution >= 4 is 32.9 Å². The van der Waals surface area contributed by atoms with Crippen molar-refractivity contribution in [2.75, 3.05) is 322 Å². The second-order valence-electron chi connectivity index (χ2n) is 20.1. The van der Waals surface area contributed by atoms with Gasteiger partial charge < -0.3 is 120 Å². The highest BCUT2D eigenvalue weighted by Crippen LogP contribution is 2.35. The van der Waals surface area contributed by atoms with E-state index < -0.39 is 0 Å². The molecule has 4 N–H and O–H groups in total. The minimum atomic E-state index is -0.00503. The maximum absolute atomic E-state index is 8.80. The summed E-state index contributed by atoms with van der Waals surface area (Å²) in [6.45, 7) is 19.8. The van der Waals surface area contributed by atoms with E-state index in [-0.39, 0.29) is 26.4 Å². The number of hydrogen-bond donors (Lipinski definition) is 4. The molecule has 26 nitrogen and oxygen atoms in total. The number of benzene rings is 2. The van der Waals surface area contributed by atoms with Gasteiger partial charge in [-0.15, -0.1) is 0 Å². The molecule has 2 aromatic carbocycles. The fraction of sp³-hybridized carbons (Fsp3) is 0.716. The lowest BCUT2D eigenvalue weighted by molar-refractivity contribution is -0.532. The first-order valence-corrected chi connectivity index (χ1v) is 33.7. The zero-order chi connectivity index (χ0) is 66.8. The van der Waals surface area contributed by atoms with Crippen molar-refractivity contribution in [1.29, 1.82) is 0 Å². The molecule has 0 radical (unpaired) electrons. The molecular weight excluding hydrogens is 1300 g/mol. The Hall–Kier alpha value is -3.35. The highest BCUT2D eigenvalue weighted by molar-refractivity contribution is 9.10. The number of halogens is 1. The molecule has 1 aliphatic carbocycles. The Labute approximate surface area is 566 Å². The Morgan fingerprint density at radius 2 is 0.553 bits per heavy atom. The molecule has 0 aliphatic heterocycles. The third kappa shape index (κ3) is 47.6. The number of hydrogen-bond acceptors (Lipinski definition) is 25. The van der Waals surface area contributed by atoms with Crippen LogP contribution in [-0.2, 0) is 94.7 Å². The molecule has 0 saturated heterocycles. The van der Waals surface area contributed by atoms with Crippen LogP contribution in [0, 0.1) is 0 Å². The minimum absolute atomic E-state index is 0.00503. The summed E-state index contributed by atoms with van der Waals surface area (Å²) >= 11 is 3.87. The molecule has 0 saturated carbocycles. The van der Waals surface area contributed by atoms with Crippen LogP contribution < -0.4 is 4.90 Å². The molecule has 0 spiro atoms. The Balaban J connectivity index is 1.64. The Kier molecular flexibility index (Phi) is 59.2. The summed E-state index contributed by atoms with van der Waals surface area (Å²) in [6, 6.07) is 16.9. The molecule has 0 atom stereocenters. The minimum Gasteiger partial charge on any atom is -0.394 e. The first-order valence-electron chi connectivity index (χ1n) is 32.9. The summed E-state index contributed by atoms with van der Waals surface area (Å²) in [5.74, 6) is 0. The van der Waals surface area contributed by atoms with E-state index in [1.807, 2.05) is 6.07 Å². The van der Waals surface area contributed by atoms with E-state index in [0.29, 0.717) is 290 Å². The van der Waals surface area contributed by atoms with Crippen LogP contribution in [-0.4, -0.2) is 348 Å². The van der Waals surface area contributed by atoms with E-state index in [1.165, 1.54) is 0 Å². The van der Waals surface area contributed by atoms with Gasteiger partial charge in [0.1, 0.15) is 13.2 Å². The van der Waals surface area contributed by atoms with Crippen LogP contribution in [0.4, 0.5) is 5.69 Å². The summed E-state index contributed by atoms with van der Waals surface area (Å²) < 4.78 is 115. The number of anilines is 1. The number of aliphatic hydroxyl groups is 4. The van der Waals surface area contributed by atoms with Crippen LogP contribution in [0.2, 0.25) is 0 Å². The molecule has 27 heteroatoms. The zero-order valence-corrected chi connectivity index (χ0v) is 57.2. The van der Waals surface area contributed by atoms with Gasteiger partial charge in [0.2, 0.25) is 0 Å². The molecule has 0 unspecified atom stereocenters. The number of nitrogens with zero attached hydrogens (tertiary/aromatic N) is 2. The predicted octanol–water partition coefficient (Wildman–Crippen LogP) is 2.94. The van der Waals surface area contributed by atoms with Crippen LogP contribution in [0.25, 0.3) is 5.57 Å². The van der Waals surface area contributed by atoms with Gasteiger partial charge in [-0.25, -0.2) is 4.58 Å². The largest absolute Gasteiger partial charge is 0.394 e. The number of aliphatic hydroxyl groups excluding tert-OH is 4. The van der Waals surface area contributed by atoms with Crippen molar-refractivity contribution < 1.29 is 120 Å². The van der Waals surface area contributed by atoms with Crippen LogP contribution >= 0.6 is 15.9 Å². The molecule has 540 valence electrons. The van der Waals surface area contributed by atoms with Gasteiger partial charge in [0.15, 0.2) is 18.8 Å². The Bertz CT molecular complexity index is 2040. The van der Waals surface area contributed by atoms with E-state index in [4.69, 9.17) is 115 Å². The van der Waals surface area contributed by atoms with Crippen LogP contribution in [0.3, 0.4) is 0 Å². The first-order chi connectivity index (χ1) is 46.6. The summed E-state index contributed by atoms with van der Waals surface area (Å²) in [5, 5.41) is 35.2. The second-order valence-corrected chi connectivity index (χ2v) is 20.9. The van der Waals surface area contributed by atoms with Gasteiger partial charge in [-0.05, 0) is 52.6 Å². The van der Waals surface area contributed by atoms with Gasteiger partial charge in [0, 0.05) is 35.4 Å². The van der Waals surface area contributed by atoms with Crippen molar-refractivity contribution in [2.24, 2.45) is 0 Å². The lowest BCUT2D eigenvalue weighted by Gasteiger charge is -2.25. The van der Waals surface area contributed by atoms with Crippen molar-refractivity contribution in [3.63, 3.8) is 0 Å². The van der Waals surface area contributed by atoms with Gasteiger partial charge in [-0.2, -0.15) is 0 Å². The lowest BCUT2D eigenvalue weighted by Crippen LogP contribution is -2.31. The SMILES string of the molecule is OCCOCCOCCOCCOCCOCCN(CCOCCOCCOCCOCCOCCO)c1ccc(C(=C2C=CC(=[N+](CCOCCOCCOCCOCCOCCO)CCOCCOCCOCCOCCOCCO)C=C2)c2ccccc2Br)cc1. The number of ether oxygens (including phenoxy) is 20. The smallest absolute Gasteiger partial charge is 0.200 e. The van der Waals surface area contributed by atoms with Crippen LogP contribution in [0.5, 0.6) is 0 Å². The average molecular weight is 1410 g/mol. The fourth-order valence-corrected chi connectivity index (χ4v) is 8.93. The molecule has 0 heterocycles. The normalized spacial score (nSPS) is 12.3. The summed E-state index contributed by atoms with van der Waals surface area (Å²) in [7, 11) is 0. The summed E-state index contributed by atoms with van der Waals surface area (Å²) in [4.78, 5) is 2.26. The molecular formula is C67H112BrN2O24+. The van der Waals surface area contributed by atoms with E-state index in [2.05, 4.69) is 92.2 Å². The van der Waals surface area contributed by atoms with Crippen molar-refractivity contribution in [2.45, 2.75) is 0 Å². The topological polar surface area (TPSA) is 272 Å². The quantitative estimate of drug-likeness (QED) is 0.0548. The maximum atomic E-state index is 8.80. The molecule has 1 aliphatic rings. The van der Waals surface area contributed by atoms with E-state index in [1.54, 1.807) is 0 Å². The molecule has 0 amide bonds. The van der Waals surface area contributed by atoms with Crippen molar-refractivity contribution in [3.8, 4) is 0 Å². The molecule has 2 aromatic rings. The lowest BCUT2D eigenvalue weighted by atomic mass is 9.90. The van der Waals surface area contributed by atoms with E-state index >= 15 is 0 Å². The Morgan fingerprint density at radius 1 is 0.298 bits per heavy atom. The highest BCUT2D eigenvalue weighted by Gasteiger charge is 2.19. The molecule has 0 fully saturated rings.